The Morgan fingerprint density at radius 1 is 1.02 bits per heavy atom. The van der Waals surface area contributed by atoms with Crippen molar-refractivity contribution in [3.8, 4) is 5.88 Å². The molecule has 15 heteroatoms. The molecule has 0 fully saturated rings. The molecule has 0 spiro atoms. The second-order valence-electron chi connectivity index (χ2n) is 11.1. The molecule has 4 aromatic rings. The molecule has 14 nitrogen and oxygen atoms in total. The van der Waals surface area contributed by atoms with Gasteiger partial charge in [0.25, 0.3) is 9.84 Å². The SMILES string of the molecule is C[C@H](N[C@@H](CCc1ccccc1)C(=O)OCCOc1no[n+]([O-])c1S(=O)(=O)c1ccccc1)C(=O)N1Cc2ccccc2C[C@H]1C(=O)O. The van der Waals surface area contributed by atoms with Crippen molar-refractivity contribution in [1.29, 1.82) is 0 Å². The normalized spacial score (nSPS) is 15.6. The second kappa shape index (κ2) is 15.1. The van der Waals surface area contributed by atoms with Gasteiger partial charge in [-0.15, -0.1) is 0 Å². The van der Waals surface area contributed by atoms with E-state index in [1.807, 2.05) is 54.6 Å². The van der Waals surface area contributed by atoms with E-state index in [1.165, 1.54) is 29.2 Å². The van der Waals surface area contributed by atoms with E-state index in [9.17, 15) is 33.1 Å². The van der Waals surface area contributed by atoms with Crippen LogP contribution < -0.4 is 15.0 Å². The number of fused-ring (bicyclic) bond motifs is 1. The number of rotatable bonds is 14. The first kappa shape index (κ1) is 34.1. The van der Waals surface area contributed by atoms with E-state index in [-0.39, 0.29) is 42.4 Å². The number of aromatic nitrogens is 2. The highest BCUT2D eigenvalue weighted by Crippen LogP contribution is 2.26. The highest BCUT2D eigenvalue weighted by molar-refractivity contribution is 7.91. The van der Waals surface area contributed by atoms with Crippen LogP contribution in [0.15, 0.2) is 99.5 Å². The molecule has 2 N–H and O–H groups in total. The summed E-state index contributed by atoms with van der Waals surface area (Å²) < 4.78 is 41.2. The van der Waals surface area contributed by atoms with Crippen LogP contribution in [0.4, 0.5) is 0 Å². The Labute approximate surface area is 276 Å². The van der Waals surface area contributed by atoms with Crippen molar-refractivity contribution in [1.82, 2.24) is 15.4 Å². The monoisotopic (exact) mass is 678 g/mol. The van der Waals surface area contributed by atoms with Gasteiger partial charge in [-0.05, 0) is 53.5 Å². The number of carbonyl (C=O) groups is 3. The fraction of sp³-hybridized carbons (Fsp3) is 0.303. The van der Waals surface area contributed by atoms with Crippen molar-refractivity contribution in [3.63, 3.8) is 0 Å². The first-order valence-electron chi connectivity index (χ1n) is 15.2. The summed E-state index contributed by atoms with van der Waals surface area (Å²) in [7, 11) is -4.34. The number of amides is 1. The van der Waals surface area contributed by atoms with Crippen molar-refractivity contribution in [2.75, 3.05) is 13.2 Å². The zero-order valence-electron chi connectivity index (χ0n) is 25.9. The van der Waals surface area contributed by atoms with Crippen LogP contribution in [0.5, 0.6) is 5.88 Å². The van der Waals surface area contributed by atoms with E-state index < -0.39 is 56.7 Å². The molecule has 48 heavy (non-hydrogen) atoms. The quantitative estimate of drug-likeness (QED) is 0.112. The zero-order valence-corrected chi connectivity index (χ0v) is 26.7. The number of ether oxygens (including phenoxy) is 2. The van der Waals surface area contributed by atoms with E-state index in [0.717, 1.165) is 16.7 Å². The van der Waals surface area contributed by atoms with Crippen LogP contribution in [-0.2, 0) is 48.3 Å². The van der Waals surface area contributed by atoms with Crippen LogP contribution >= 0.6 is 0 Å². The van der Waals surface area contributed by atoms with Crippen LogP contribution in [0.3, 0.4) is 0 Å². The average Bonchev–Trinajstić information content (AvgIpc) is 3.48. The average molecular weight is 679 g/mol. The van der Waals surface area contributed by atoms with Crippen molar-refractivity contribution in [2.24, 2.45) is 0 Å². The zero-order chi connectivity index (χ0) is 34.3. The lowest BCUT2D eigenvalue weighted by Gasteiger charge is -2.36. The lowest BCUT2D eigenvalue weighted by Crippen LogP contribution is -2.56. The topological polar surface area (TPSA) is 192 Å². The highest BCUT2D eigenvalue weighted by Gasteiger charge is 2.38. The van der Waals surface area contributed by atoms with Gasteiger partial charge >= 0.3 is 22.8 Å². The molecule has 0 bridgehead atoms. The molecule has 0 radical (unpaired) electrons. The Bertz CT molecular complexity index is 1850. The fourth-order valence-electron chi connectivity index (χ4n) is 5.44. The van der Waals surface area contributed by atoms with Crippen LogP contribution in [0.25, 0.3) is 0 Å². The number of aryl methyl sites for hydroxylation is 1. The van der Waals surface area contributed by atoms with Gasteiger partial charge in [-0.25, -0.2) is 13.2 Å². The minimum atomic E-state index is -4.34. The van der Waals surface area contributed by atoms with Crippen LogP contribution in [0.1, 0.15) is 30.0 Å². The smallest absolute Gasteiger partial charge is 0.415 e. The third-order valence-corrected chi connectivity index (χ3v) is 9.63. The van der Waals surface area contributed by atoms with Crippen LogP contribution in [0.2, 0.25) is 0 Å². The van der Waals surface area contributed by atoms with E-state index in [2.05, 4.69) is 15.1 Å². The number of benzene rings is 3. The highest BCUT2D eigenvalue weighted by atomic mass is 32.2. The van der Waals surface area contributed by atoms with Gasteiger partial charge in [0.1, 0.15) is 25.3 Å². The summed E-state index contributed by atoms with van der Waals surface area (Å²) in [6, 6.07) is 20.9. The molecule has 0 aliphatic carbocycles. The number of aliphatic carboxylic acids is 1. The van der Waals surface area contributed by atoms with Crippen molar-refractivity contribution in [3.05, 3.63) is 107 Å². The summed E-state index contributed by atoms with van der Waals surface area (Å²) >= 11 is 0. The molecule has 5 rings (SSSR count). The molecule has 0 unspecified atom stereocenters. The number of nitrogens with one attached hydrogen (secondary N) is 1. The van der Waals surface area contributed by atoms with Gasteiger partial charge in [-0.3, -0.25) is 19.5 Å². The van der Waals surface area contributed by atoms with Gasteiger partial charge in [0.2, 0.25) is 5.91 Å². The maximum atomic E-state index is 13.6. The van der Waals surface area contributed by atoms with E-state index in [0.29, 0.717) is 6.42 Å². The number of sulfone groups is 1. The first-order valence-corrected chi connectivity index (χ1v) is 16.6. The van der Waals surface area contributed by atoms with Gasteiger partial charge in [0.05, 0.1) is 16.1 Å². The molecule has 0 saturated heterocycles. The third kappa shape index (κ3) is 7.81. The molecule has 1 aliphatic heterocycles. The number of carboxylic acid groups (broad SMARTS) is 1. The van der Waals surface area contributed by atoms with Gasteiger partial charge in [0, 0.05) is 13.0 Å². The van der Waals surface area contributed by atoms with E-state index >= 15 is 0 Å². The van der Waals surface area contributed by atoms with Gasteiger partial charge in [-0.1, -0.05) is 72.8 Å². The number of hydrogen-bond acceptors (Lipinski definition) is 11. The van der Waals surface area contributed by atoms with Gasteiger partial charge in [-0.2, -0.15) is 0 Å². The first-order chi connectivity index (χ1) is 23.1. The Morgan fingerprint density at radius 3 is 2.35 bits per heavy atom. The Morgan fingerprint density at radius 2 is 1.67 bits per heavy atom. The maximum absolute atomic E-state index is 13.6. The molecule has 3 aromatic carbocycles. The second-order valence-corrected chi connectivity index (χ2v) is 13.0. The number of hydrogen-bond donors (Lipinski definition) is 2. The lowest BCUT2D eigenvalue weighted by molar-refractivity contribution is -0.832. The number of nitrogens with zero attached hydrogens (tertiary/aromatic N) is 3. The summed E-state index contributed by atoms with van der Waals surface area (Å²) in [6.45, 7) is 0.946. The van der Waals surface area contributed by atoms with Crippen LogP contribution in [-0.4, -0.2) is 72.8 Å². The molecule has 2 heterocycles. The van der Waals surface area contributed by atoms with Crippen molar-refractivity contribution in [2.45, 2.75) is 60.8 Å². The summed E-state index contributed by atoms with van der Waals surface area (Å²) in [6.07, 6.45) is 0.865. The van der Waals surface area contributed by atoms with Gasteiger partial charge < -0.3 is 24.7 Å². The third-order valence-electron chi connectivity index (χ3n) is 7.91. The summed E-state index contributed by atoms with van der Waals surface area (Å²) in [5.41, 5.74) is 2.66. The summed E-state index contributed by atoms with van der Waals surface area (Å²) in [4.78, 5) is 39.9. The fourth-order valence-corrected chi connectivity index (χ4v) is 6.74. The minimum absolute atomic E-state index is 0.113. The summed E-state index contributed by atoms with van der Waals surface area (Å²) in [5, 5.41) is 27.6. The molecule has 3 atom stereocenters. The Kier molecular flexibility index (Phi) is 10.7. The largest absolute Gasteiger partial charge is 0.480 e. The van der Waals surface area contributed by atoms with E-state index in [1.54, 1.807) is 13.0 Å². The Hall–Kier alpha value is -5.28. The number of carboxylic acids is 1. The van der Waals surface area contributed by atoms with E-state index in [4.69, 9.17) is 9.47 Å². The lowest BCUT2D eigenvalue weighted by atomic mass is 9.93. The molecule has 1 amide bonds. The van der Waals surface area contributed by atoms with Crippen molar-refractivity contribution >= 4 is 27.7 Å². The van der Waals surface area contributed by atoms with Crippen molar-refractivity contribution < 1.29 is 46.9 Å². The van der Waals surface area contributed by atoms with Gasteiger partial charge in [0.15, 0.2) is 0 Å². The molecule has 252 valence electrons. The minimum Gasteiger partial charge on any atom is -0.480 e. The molecule has 1 aromatic heterocycles. The standard InChI is InChI=1S/C33H34N4O10S/c1-22(30(38)36-21-25-13-9-8-12-24(25)20-28(36)32(39)40)34-27(17-16-23-10-4-2-5-11-23)33(41)46-19-18-45-29-31(37(42)47-35-29)48(43,44)26-14-6-3-7-15-26/h2-15,22,27-28,34H,16-21H2,1H3,(H,39,40)/t22-,27-,28-/m0/s1. The van der Waals surface area contributed by atoms with Crippen LogP contribution in [0, 0.1) is 5.21 Å². The Balaban J connectivity index is 1.24. The molecular weight excluding hydrogens is 644 g/mol. The number of esters is 1. The number of carbonyl (C=O) groups excluding carboxylic acids is 2. The molecular formula is C33H34N4O10S. The predicted octanol–water partition coefficient (Wildman–Crippen LogP) is 2.08. The summed E-state index contributed by atoms with van der Waals surface area (Å²) in [5.74, 6) is -2.93. The molecule has 0 saturated carbocycles. The molecule has 1 aliphatic rings. The predicted molar refractivity (Wildman–Crippen MR) is 167 cm³/mol. The maximum Gasteiger partial charge on any atom is 0.415 e.